The van der Waals surface area contributed by atoms with Crippen molar-refractivity contribution in [2.45, 2.75) is 46.1 Å². The lowest BCUT2D eigenvalue weighted by Gasteiger charge is -2.48. The van der Waals surface area contributed by atoms with Gasteiger partial charge in [0.05, 0.1) is 24.1 Å². The number of nitrogens with zero attached hydrogens (tertiary/aromatic N) is 5. The minimum absolute atomic E-state index is 0.168. The van der Waals surface area contributed by atoms with Crippen molar-refractivity contribution in [2.75, 3.05) is 24.5 Å². The number of anilines is 1. The van der Waals surface area contributed by atoms with Crippen LogP contribution in [0.15, 0.2) is 30.7 Å². The van der Waals surface area contributed by atoms with Gasteiger partial charge in [-0.05, 0) is 45.2 Å². The maximum Gasteiger partial charge on any atom is 0.222 e. The Balaban J connectivity index is 1.50. The van der Waals surface area contributed by atoms with Gasteiger partial charge in [-0.25, -0.2) is 0 Å². The van der Waals surface area contributed by atoms with Gasteiger partial charge in [-0.15, -0.1) is 0 Å². The molecule has 2 aromatic heterocycles. The smallest absolute Gasteiger partial charge is 0.222 e. The highest BCUT2D eigenvalue weighted by Crippen LogP contribution is 2.40. The van der Waals surface area contributed by atoms with Gasteiger partial charge in [0.2, 0.25) is 5.91 Å². The highest BCUT2D eigenvalue weighted by atomic mass is 16.2. The Morgan fingerprint density at radius 2 is 1.96 bits per heavy atom. The summed E-state index contributed by atoms with van der Waals surface area (Å²) in [5.41, 5.74) is 4.22. The maximum absolute atomic E-state index is 12.5. The molecule has 0 saturated carbocycles. The molecule has 6 nitrogen and oxygen atoms in total. The van der Waals surface area contributed by atoms with Crippen LogP contribution in [0.4, 0.5) is 5.69 Å². The predicted octanol–water partition coefficient (Wildman–Crippen LogP) is 2.90. The molecule has 1 atom stereocenters. The third-order valence-corrected chi connectivity index (χ3v) is 5.84. The minimum atomic E-state index is 0.168. The fraction of sp³-hybridized carbons (Fsp3) is 0.524. The van der Waals surface area contributed by atoms with Gasteiger partial charge in [0.1, 0.15) is 0 Å². The van der Waals surface area contributed by atoms with E-state index in [0.717, 1.165) is 49.6 Å². The van der Waals surface area contributed by atoms with Crippen LogP contribution >= 0.6 is 0 Å². The Morgan fingerprint density at radius 3 is 2.74 bits per heavy atom. The predicted molar refractivity (Wildman–Crippen MR) is 104 cm³/mol. The first kappa shape index (κ1) is 17.9. The molecule has 2 fully saturated rings. The highest BCUT2D eigenvalue weighted by molar-refractivity contribution is 5.77. The van der Waals surface area contributed by atoms with Gasteiger partial charge in [-0.3, -0.25) is 19.7 Å². The quantitative estimate of drug-likeness (QED) is 0.837. The van der Waals surface area contributed by atoms with Crippen LogP contribution in [0.25, 0.3) is 0 Å². The second kappa shape index (κ2) is 7.25. The maximum atomic E-state index is 12.5. The number of piperidine rings is 2. The largest absolute Gasteiger partial charge is 0.371 e. The van der Waals surface area contributed by atoms with E-state index in [-0.39, 0.29) is 11.3 Å². The molecule has 2 saturated heterocycles. The number of hydrogen-bond donors (Lipinski definition) is 0. The Labute approximate surface area is 160 Å². The molecule has 0 N–H and O–H groups in total. The second-order valence-corrected chi connectivity index (χ2v) is 8.08. The molecule has 0 radical (unpaired) electrons. The van der Waals surface area contributed by atoms with E-state index in [4.69, 9.17) is 0 Å². The van der Waals surface area contributed by atoms with Crippen LogP contribution in [0.3, 0.4) is 0 Å². The molecule has 4 rings (SSSR count). The van der Waals surface area contributed by atoms with Crippen LogP contribution in [0, 0.1) is 19.3 Å². The summed E-state index contributed by atoms with van der Waals surface area (Å²) >= 11 is 0. The van der Waals surface area contributed by atoms with E-state index in [0.29, 0.717) is 13.0 Å². The van der Waals surface area contributed by atoms with E-state index in [1.54, 1.807) is 12.4 Å². The van der Waals surface area contributed by atoms with E-state index in [1.807, 2.05) is 24.9 Å². The third-order valence-electron chi connectivity index (χ3n) is 5.84. The van der Waals surface area contributed by atoms with Crippen LogP contribution in [0.2, 0.25) is 0 Å². The number of likely N-dealkylation sites (tertiary alicyclic amines) is 1. The third kappa shape index (κ3) is 3.94. The molecule has 4 heterocycles. The van der Waals surface area contributed by atoms with Crippen molar-refractivity contribution in [2.24, 2.45) is 5.41 Å². The molecule has 2 aliphatic heterocycles. The number of carbonyl (C=O) groups is 1. The Bertz CT molecular complexity index is 822. The molecule has 0 aromatic carbocycles. The molecule has 6 heteroatoms. The van der Waals surface area contributed by atoms with Crippen molar-refractivity contribution in [1.82, 2.24) is 19.9 Å². The average Bonchev–Trinajstić information content (AvgIpc) is 2.67. The zero-order valence-electron chi connectivity index (χ0n) is 16.2. The van der Waals surface area contributed by atoms with E-state index in [9.17, 15) is 4.79 Å². The summed E-state index contributed by atoms with van der Waals surface area (Å²) in [4.78, 5) is 30.1. The molecule has 1 amide bonds. The lowest BCUT2D eigenvalue weighted by molar-refractivity contribution is -0.138. The van der Waals surface area contributed by atoms with Crippen LogP contribution in [0.5, 0.6) is 0 Å². The number of aromatic nitrogens is 3. The van der Waals surface area contributed by atoms with E-state index in [2.05, 4.69) is 32.0 Å². The van der Waals surface area contributed by atoms with E-state index >= 15 is 0 Å². The van der Waals surface area contributed by atoms with E-state index < -0.39 is 0 Å². The summed E-state index contributed by atoms with van der Waals surface area (Å²) in [6.07, 6.45) is 9.39. The van der Waals surface area contributed by atoms with Gasteiger partial charge in [-0.2, -0.15) is 0 Å². The number of amides is 1. The Kier molecular flexibility index (Phi) is 4.81. The van der Waals surface area contributed by atoms with Crippen molar-refractivity contribution < 1.29 is 4.79 Å². The van der Waals surface area contributed by atoms with Crippen LogP contribution < -0.4 is 4.90 Å². The zero-order chi connectivity index (χ0) is 18.9. The Morgan fingerprint density at radius 1 is 1.07 bits per heavy atom. The van der Waals surface area contributed by atoms with Gasteiger partial charge in [-0.1, -0.05) is 0 Å². The molecule has 2 aromatic rings. The monoisotopic (exact) mass is 365 g/mol. The first-order chi connectivity index (χ1) is 13.0. The molecule has 142 valence electrons. The van der Waals surface area contributed by atoms with Crippen molar-refractivity contribution in [3.05, 3.63) is 47.8 Å². The van der Waals surface area contributed by atoms with Gasteiger partial charge in [0, 0.05) is 55.2 Å². The van der Waals surface area contributed by atoms with Crippen molar-refractivity contribution >= 4 is 11.6 Å². The lowest BCUT2D eigenvalue weighted by Crippen LogP contribution is -2.54. The number of aryl methyl sites for hydroxylation is 2. The van der Waals surface area contributed by atoms with E-state index in [1.165, 1.54) is 12.1 Å². The van der Waals surface area contributed by atoms with Crippen molar-refractivity contribution in [1.29, 1.82) is 0 Å². The number of pyridine rings is 1. The van der Waals surface area contributed by atoms with Gasteiger partial charge < -0.3 is 9.80 Å². The molecule has 0 unspecified atom stereocenters. The van der Waals surface area contributed by atoms with Crippen LogP contribution in [-0.2, 0) is 11.3 Å². The first-order valence-corrected chi connectivity index (χ1v) is 9.76. The Hall–Kier alpha value is -2.50. The average molecular weight is 365 g/mol. The number of hydrogen-bond acceptors (Lipinski definition) is 5. The zero-order valence-corrected chi connectivity index (χ0v) is 16.2. The summed E-state index contributed by atoms with van der Waals surface area (Å²) in [5.74, 6) is 0.236. The first-order valence-electron chi connectivity index (χ1n) is 9.76. The standard InChI is InChI=1S/C21H27N5O/c1-16-10-19(5-8-22-16)25-9-3-6-21(14-25)7-4-20(27)26(15-21)13-18-12-23-17(2)11-24-18/h5,8,10-12H,3-4,6-7,9,13-15H2,1-2H3/t21-/m1/s1. The normalized spacial score (nSPS) is 23.1. The summed E-state index contributed by atoms with van der Waals surface area (Å²) < 4.78 is 0. The second-order valence-electron chi connectivity index (χ2n) is 8.08. The number of carbonyl (C=O) groups excluding carboxylic acids is 1. The fourth-order valence-corrected chi connectivity index (χ4v) is 4.43. The topological polar surface area (TPSA) is 62.2 Å². The summed E-state index contributed by atoms with van der Waals surface area (Å²) in [7, 11) is 0. The summed E-state index contributed by atoms with van der Waals surface area (Å²) in [6, 6.07) is 4.26. The van der Waals surface area contributed by atoms with Gasteiger partial charge in [0.25, 0.3) is 0 Å². The number of rotatable bonds is 3. The molecule has 2 aliphatic rings. The highest BCUT2D eigenvalue weighted by Gasteiger charge is 2.41. The SMILES string of the molecule is Cc1cnc(CN2C[C@]3(CCCN(c4ccnc(C)c4)C3)CCC2=O)cn1. The van der Waals surface area contributed by atoms with Crippen molar-refractivity contribution in [3.8, 4) is 0 Å². The molecule has 1 spiro atoms. The van der Waals surface area contributed by atoms with Crippen LogP contribution in [0.1, 0.15) is 42.8 Å². The summed E-state index contributed by atoms with van der Waals surface area (Å²) in [6.45, 7) is 7.40. The lowest BCUT2D eigenvalue weighted by atomic mass is 9.73. The molecule has 27 heavy (non-hydrogen) atoms. The fourth-order valence-electron chi connectivity index (χ4n) is 4.43. The molecule has 0 bridgehead atoms. The van der Waals surface area contributed by atoms with Gasteiger partial charge in [0.15, 0.2) is 0 Å². The molecular weight excluding hydrogens is 338 g/mol. The summed E-state index contributed by atoms with van der Waals surface area (Å²) in [5, 5.41) is 0. The van der Waals surface area contributed by atoms with Gasteiger partial charge >= 0.3 is 0 Å². The van der Waals surface area contributed by atoms with Crippen molar-refractivity contribution in [3.63, 3.8) is 0 Å². The van der Waals surface area contributed by atoms with Crippen LogP contribution in [-0.4, -0.2) is 45.4 Å². The molecular formula is C21H27N5O. The minimum Gasteiger partial charge on any atom is -0.371 e. The molecule has 0 aliphatic carbocycles.